The second-order valence-electron chi connectivity index (χ2n) is 12.6. The summed E-state index contributed by atoms with van der Waals surface area (Å²) in [6.07, 6.45) is 0. The van der Waals surface area contributed by atoms with Crippen molar-refractivity contribution in [3.63, 3.8) is 0 Å². The molecule has 0 spiro atoms. The Kier molecular flexibility index (Phi) is 5.28. The zero-order valence-corrected chi connectivity index (χ0v) is 27.7. The number of rotatable bonds is 6. The van der Waals surface area contributed by atoms with Gasteiger partial charge in [0.2, 0.25) is 0 Å². The topological polar surface area (TPSA) is 16.4 Å². The Morgan fingerprint density at radius 2 is 1.02 bits per heavy atom. The third-order valence-electron chi connectivity index (χ3n) is 9.63. The molecule has 2 nitrogen and oxygen atoms in total. The Morgan fingerprint density at radius 3 is 1.77 bits per heavy atom. The lowest BCUT2D eigenvalue weighted by Crippen LogP contribution is -2.10. The summed E-state index contributed by atoms with van der Waals surface area (Å²) in [6.45, 7) is 0. The fourth-order valence-electron chi connectivity index (χ4n) is 7.08. The van der Waals surface area contributed by atoms with Gasteiger partial charge in [-0.2, -0.15) is 0 Å². The molecule has 0 saturated heterocycles. The maximum atomic E-state index is 9.50. The first-order chi connectivity index (χ1) is 29.5. The molecule has 0 N–H and O–H groups in total. The SMILES string of the molecule is [2H]c1c([2H])c(N(c2ccc(-c3ccc(-c4ccccc4)cc3)cc2)c2ccc(-c3cccc4ccccc34)cc2)c2c(oc3c4c([2H])c([2H])c([2H])c([2H])c4c([2H])c([2H])c32)c1[2H]. The summed E-state index contributed by atoms with van der Waals surface area (Å²) in [5.74, 6) is 0. The Labute approximate surface area is 315 Å². The van der Waals surface area contributed by atoms with Gasteiger partial charge in [-0.3, -0.25) is 0 Å². The summed E-state index contributed by atoms with van der Waals surface area (Å²) >= 11 is 0. The van der Waals surface area contributed by atoms with Crippen LogP contribution in [0.5, 0.6) is 0 Å². The first-order valence-electron chi connectivity index (χ1n) is 21.5. The van der Waals surface area contributed by atoms with Gasteiger partial charge in [0.05, 0.1) is 23.4 Å². The van der Waals surface area contributed by atoms with Crippen molar-refractivity contribution in [1.82, 2.24) is 0 Å². The van der Waals surface area contributed by atoms with Gasteiger partial charge < -0.3 is 9.32 Å². The summed E-state index contributed by atoms with van der Waals surface area (Å²) in [7, 11) is 0. The summed E-state index contributed by atoms with van der Waals surface area (Å²) in [4.78, 5) is 1.79. The van der Waals surface area contributed by atoms with Crippen LogP contribution in [0.15, 0.2) is 204 Å². The third kappa shape index (κ3) is 5.12. The Bertz CT molecular complexity index is 3380. The van der Waals surface area contributed by atoms with E-state index in [1.807, 2.05) is 84.9 Å². The molecule has 1 heterocycles. The van der Waals surface area contributed by atoms with Crippen molar-refractivity contribution in [2.24, 2.45) is 0 Å². The fourth-order valence-corrected chi connectivity index (χ4v) is 7.08. The minimum atomic E-state index is -0.543. The highest BCUT2D eigenvalue weighted by atomic mass is 16.3. The normalized spacial score (nSPS) is 13.9. The summed E-state index contributed by atoms with van der Waals surface area (Å²) in [5, 5.41) is 2.04. The maximum absolute atomic E-state index is 9.50. The second kappa shape index (κ2) is 12.5. The van der Waals surface area contributed by atoms with Crippen molar-refractivity contribution in [3.8, 4) is 33.4 Å². The van der Waals surface area contributed by atoms with Crippen LogP contribution < -0.4 is 4.90 Å². The molecule has 0 fully saturated rings. The lowest BCUT2D eigenvalue weighted by Gasteiger charge is -2.26. The average molecular weight is 673 g/mol. The Balaban J connectivity index is 1.21. The molecular weight excluding hydrogens is 631 g/mol. The van der Waals surface area contributed by atoms with Gasteiger partial charge in [0.25, 0.3) is 0 Å². The van der Waals surface area contributed by atoms with Gasteiger partial charge in [0, 0.05) is 22.1 Å². The van der Waals surface area contributed by atoms with Gasteiger partial charge in [-0.1, -0.05) is 158 Å². The second-order valence-corrected chi connectivity index (χ2v) is 12.6. The molecule has 2 heteroatoms. The van der Waals surface area contributed by atoms with Crippen LogP contribution in [-0.2, 0) is 0 Å². The van der Waals surface area contributed by atoms with Crippen molar-refractivity contribution >= 4 is 60.5 Å². The van der Waals surface area contributed by atoms with Crippen LogP contribution in [0, 0.1) is 0 Å². The molecule has 0 bridgehead atoms. The van der Waals surface area contributed by atoms with Crippen molar-refractivity contribution in [3.05, 3.63) is 200 Å². The Hall–Kier alpha value is -6.90. The van der Waals surface area contributed by atoms with E-state index in [9.17, 15) is 2.74 Å². The molecule has 1 aromatic heterocycles. The van der Waals surface area contributed by atoms with E-state index in [-0.39, 0.29) is 50.5 Å². The molecule has 0 saturated carbocycles. The van der Waals surface area contributed by atoms with E-state index >= 15 is 0 Å². The summed E-state index contributed by atoms with van der Waals surface area (Å²) in [6, 6.07) is 44.3. The van der Waals surface area contributed by atoms with Crippen LogP contribution in [0.2, 0.25) is 0 Å². The van der Waals surface area contributed by atoms with Crippen LogP contribution in [0.3, 0.4) is 0 Å². The zero-order chi connectivity index (χ0) is 42.3. The molecule has 9 aromatic carbocycles. The van der Waals surface area contributed by atoms with E-state index < -0.39 is 42.3 Å². The number of nitrogens with zero attached hydrogens (tertiary/aromatic N) is 1. The summed E-state index contributed by atoms with van der Waals surface area (Å²) < 4.78 is 86.5. The quantitative estimate of drug-likeness (QED) is 0.175. The lowest BCUT2D eigenvalue weighted by molar-refractivity contribution is 0.672. The van der Waals surface area contributed by atoms with Crippen LogP contribution >= 0.6 is 0 Å². The molecule has 244 valence electrons. The highest BCUT2D eigenvalue weighted by molar-refractivity contribution is 6.19. The minimum absolute atomic E-state index is 0.0158. The third-order valence-corrected chi connectivity index (χ3v) is 9.63. The summed E-state index contributed by atoms with van der Waals surface area (Å²) in [5.41, 5.74) is 7.21. The largest absolute Gasteiger partial charge is 0.455 e. The average Bonchev–Trinajstić information content (AvgIpc) is 3.70. The molecule has 0 aliphatic rings. The molecular formula is C50H33NO. The van der Waals surface area contributed by atoms with Crippen molar-refractivity contribution in [1.29, 1.82) is 0 Å². The smallest absolute Gasteiger partial charge is 0.143 e. The number of benzene rings is 9. The first kappa shape index (κ1) is 22.0. The monoisotopic (exact) mass is 672 g/mol. The first-order valence-corrected chi connectivity index (χ1v) is 17.0. The van der Waals surface area contributed by atoms with Gasteiger partial charge in [-0.15, -0.1) is 0 Å². The Morgan fingerprint density at radius 1 is 0.404 bits per heavy atom. The van der Waals surface area contributed by atoms with E-state index in [2.05, 4.69) is 60.7 Å². The number of hydrogen-bond acceptors (Lipinski definition) is 2. The van der Waals surface area contributed by atoms with Gasteiger partial charge in [-0.05, 0) is 91.9 Å². The molecule has 0 radical (unpaired) electrons. The van der Waals surface area contributed by atoms with Gasteiger partial charge >= 0.3 is 0 Å². The molecule has 0 amide bonds. The predicted octanol–water partition coefficient (Wildman–Crippen LogP) is 14.4. The number of hydrogen-bond donors (Lipinski definition) is 0. The maximum Gasteiger partial charge on any atom is 0.143 e. The van der Waals surface area contributed by atoms with Crippen molar-refractivity contribution in [2.75, 3.05) is 4.90 Å². The highest BCUT2D eigenvalue weighted by Gasteiger charge is 2.20. The molecule has 0 atom stereocenters. The van der Waals surface area contributed by atoms with Crippen LogP contribution in [0.1, 0.15) is 12.3 Å². The molecule has 10 rings (SSSR count). The van der Waals surface area contributed by atoms with Gasteiger partial charge in [0.1, 0.15) is 11.2 Å². The van der Waals surface area contributed by atoms with E-state index in [0.717, 1.165) is 44.2 Å². The minimum Gasteiger partial charge on any atom is -0.455 e. The lowest BCUT2D eigenvalue weighted by atomic mass is 9.97. The van der Waals surface area contributed by atoms with Crippen molar-refractivity contribution < 1.29 is 16.8 Å². The van der Waals surface area contributed by atoms with E-state index in [4.69, 9.17) is 14.0 Å². The molecule has 52 heavy (non-hydrogen) atoms. The fraction of sp³-hybridized carbons (Fsp3) is 0. The van der Waals surface area contributed by atoms with Crippen LogP contribution in [-0.4, -0.2) is 0 Å². The molecule has 10 aromatic rings. The van der Waals surface area contributed by atoms with E-state index in [1.165, 1.54) is 0 Å². The molecule has 0 aliphatic carbocycles. The van der Waals surface area contributed by atoms with Crippen LogP contribution in [0.25, 0.3) is 76.9 Å². The van der Waals surface area contributed by atoms with Crippen molar-refractivity contribution in [2.45, 2.75) is 0 Å². The highest BCUT2D eigenvalue weighted by Crippen LogP contribution is 2.45. The zero-order valence-electron chi connectivity index (χ0n) is 36.7. The van der Waals surface area contributed by atoms with E-state index in [1.54, 1.807) is 4.90 Å². The van der Waals surface area contributed by atoms with Gasteiger partial charge in [-0.25, -0.2) is 0 Å². The molecule has 0 aliphatic heterocycles. The standard InChI is InChI=1S/C50H33NO/c1-2-10-34(11-3-1)35-20-22-36(23-21-35)37-24-29-41(30-25-37)51(42-31-26-40(27-32-42)44-17-8-14-38-12-4-6-15-43(38)44)47-18-9-19-48-49(47)46-33-28-39-13-5-7-16-45(39)50(46)52-48/h1-33H/i5D,7D,9D,13D,16D,18D,19D,28D,33D. The number of anilines is 3. The predicted molar refractivity (Wildman–Crippen MR) is 220 cm³/mol. The molecule has 0 unspecified atom stereocenters. The number of fused-ring (bicyclic) bond motifs is 6. The van der Waals surface area contributed by atoms with E-state index in [0.29, 0.717) is 11.4 Å². The number of furan rings is 1. The van der Waals surface area contributed by atoms with Gasteiger partial charge in [0.15, 0.2) is 0 Å². The van der Waals surface area contributed by atoms with Crippen LogP contribution in [0.4, 0.5) is 17.1 Å².